The lowest BCUT2D eigenvalue weighted by Crippen LogP contribution is -2.14. The molecule has 1 saturated carbocycles. The summed E-state index contributed by atoms with van der Waals surface area (Å²) >= 11 is 0. The molecule has 0 N–H and O–H groups in total. The van der Waals surface area contributed by atoms with Crippen molar-refractivity contribution in [3.05, 3.63) is 82.4 Å². The van der Waals surface area contributed by atoms with Crippen molar-refractivity contribution in [2.24, 2.45) is 5.92 Å². The van der Waals surface area contributed by atoms with Gasteiger partial charge in [-0.05, 0) is 110 Å². The molecular formula is C29H38. The number of allylic oxidation sites excluding steroid dienone is 2. The van der Waals surface area contributed by atoms with Crippen molar-refractivity contribution >= 4 is 0 Å². The predicted octanol–water partition coefficient (Wildman–Crippen LogP) is 8.15. The van der Waals surface area contributed by atoms with Crippen molar-refractivity contribution in [3.8, 4) is 0 Å². The van der Waals surface area contributed by atoms with E-state index in [0.717, 1.165) is 18.3 Å². The Kier molecular flexibility index (Phi) is 6.90. The fourth-order valence-corrected chi connectivity index (χ4v) is 5.61. The van der Waals surface area contributed by atoms with E-state index in [2.05, 4.69) is 68.5 Å². The van der Waals surface area contributed by atoms with Crippen LogP contribution < -0.4 is 0 Å². The third kappa shape index (κ3) is 5.03. The van der Waals surface area contributed by atoms with Gasteiger partial charge in [-0.2, -0.15) is 0 Å². The molecule has 2 aromatic carbocycles. The zero-order valence-electron chi connectivity index (χ0n) is 18.5. The van der Waals surface area contributed by atoms with Crippen molar-refractivity contribution < 1.29 is 0 Å². The van der Waals surface area contributed by atoms with E-state index in [9.17, 15) is 0 Å². The predicted molar refractivity (Wildman–Crippen MR) is 126 cm³/mol. The van der Waals surface area contributed by atoms with Gasteiger partial charge < -0.3 is 0 Å². The molecule has 29 heavy (non-hydrogen) atoms. The summed E-state index contributed by atoms with van der Waals surface area (Å²) in [5.41, 5.74) is 7.83. The van der Waals surface area contributed by atoms with Crippen LogP contribution in [0.1, 0.15) is 98.4 Å². The first-order valence-electron chi connectivity index (χ1n) is 12.1. The highest BCUT2D eigenvalue weighted by Gasteiger charge is 2.23. The van der Waals surface area contributed by atoms with Gasteiger partial charge in [-0.15, -0.1) is 0 Å². The topological polar surface area (TPSA) is 0 Å². The molecule has 154 valence electrons. The molecule has 4 rings (SSSR count). The summed E-state index contributed by atoms with van der Waals surface area (Å²) in [6, 6.07) is 17.0. The molecule has 0 amide bonds. The molecule has 0 spiro atoms. The fourth-order valence-electron chi connectivity index (χ4n) is 5.61. The van der Waals surface area contributed by atoms with Gasteiger partial charge in [-0.1, -0.05) is 68.0 Å². The van der Waals surface area contributed by atoms with Crippen LogP contribution in [0.3, 0.4) is 0 Å². The molecule has 0 heteroatoms. The molecule has 0 heterocycles. The van der Waals surface area contributed by atoms with E-state index in [4.69, 9.17) is 0 Å². The molecule has 1 atom stereocenters. The summed E-state index contributed by atoms with van der Waals surface area (Å²) in [4.78, 5) is 0. The molecule has 1 unspecified atom stereocenters. The number of hydrogen-bond donors (Lipinski definition) is 0. The van der Waals surface area contributed by atoms with Gasteiger partial charge in [0.15, 0.2) is 0 Å². The summed E-state index contributed by atoms with van der Waals surface area (Å²) in [6.07, 6.45) is 17.5. The normalized spacial score (nSPS) is 24.6. The van der Waals surface area contributed by atoms with E-state index >= 15 is 0 Å². The molecule has 2 aliphatic rings. The third-order valence-electron chi connectivity index (χ3n) is 7.64. The summed E-state index contributed by atoms with van der Waals surface area (Å²) < 4.78 is 0. The lowest BCUT2D eigenvalue weighted by atomic mass is 9.76. The van der Waals surface area contributed by atoms with Crippen LogP contribution in [0.15, 0.2) is 54.6 Å². The van der Waals surface area contributed by atoms with Gasteiger partial charge in [0.25, 0.3) is 0 Å². The van der Waals surface area contributed by atoms with Crippen LogP contribution in [0.5, 0.6) is 0 Å². The minimum atomic E-state index is 0.696. The Morgan fingerprint density at radius 3 is 2.24 bits per heavy atom. The highest BCUT2D eigenvalue weighted by molar-refractivity contribution is 5.38. The first-order valence-corrected chi connectivity index (χ1v) is 12.1. The van der Waals surface area contributed by atoms with Crippen LogP contribution in [-0.4, -0.2) is 0 Å². The maximum atomic E-state index is 2.48. The molecule has 2 aromatic rings. The van der Waals surface area contributed by atoms with Gasteiger partial charge in [-0.3, -0.25) is 0 Å². The second-order valence-electron chi connectivity index (χ2n) is 9.44. The first kappa shape index (κ1) is 20.5. The van der Waals surface area contributed by atoms with Crippen LogP contribution in [0.4, 0.5) is 0 Å². The second-order valence-corrected chi connectivity index (χ2v) is 9.44. The highest BCUT2D eigenvalue weighted by atomic mass is 14.3. The van der Waals surface area contributed by atoms with Crippen LogP contribution in [0.25, 0.3) is 0 Å². The zero-order chi connectivity index (χ0) is 20.1. The average Bonchev–Trinajstić information content (AvgIpc) is 2.79. The van der Waals surface area contributed by atoms with E-state index in [-0.39, 0.29) is 0 Å². The van der Waals surface area contributed by atoms with Gasteiger partial charge in [-0.25, -0.2) is 0 Å². The molecule has 0 nitrogen and oxygen atoms in total. The summed E-state index contributed by atoms with van der Waals surface area (Å²) in [7, 11) is 0. The smallest absolute Gasteiger partial charge is 0.0118 e. The minimum absolute atomic E-state index is 0.696. The minimum Gasteiger partial charge on any atom is -0.0917 e. The Morgan fingerprint density at radius 2 is 1.55 bits per heavy atom. The number of benzene rings is 2. The van der Waals surface area contributed by atoms with Gasteiger partial charge in [0, 0.05) is 0 Å². The Balaban J connectivity index is 1.38. The highest BCUT2D eigenvalue weighted by Crippen LogP contribution is 2.38. The van der Waals surface area contributed by atoms with Crippen molar-refractivity contribution in [1.29, 1.82) is 0 Å². The van der Waals surface area contributed by atoms with Crippen molar-refractivity contribution in [3.63, 3.8) is 0 Å². The quantitative estimate of drug-likeness (QED) is 0.439. The number of aryl methyl sites for hydroxylation is 2. The van der Waals surface area contributed by atoms with Gasteiger partial charge >= 0.3 is 0 Å². The van der Waals surface area contributed by atoms with Gasteiger partial charge in [0.2, 0.25) is 0 Å². The Hall–Kier alpha value is -1.82. The Labute approximate surface area is 178 Å². The lowest BCUT2D eigenvalue weighted by Gasteiger charge is -2.29. The molecule has 1 fully saturated rings. The number of fused-ring (bicyclic) bond motifs is 1. The molecule has 0 aliphatic heterocycles. The molecule has 0 bridgehead atoms. The van der Waals surface area contributed by atoms with Crippen LogP contribution in [0.2, 0.25) is 0 Å². The lowest BCUT2D eigenvalue weighted by molar-refractivity contribution is 0.319. The van der Waals surface area contributed by atoms with Crippen LogP contribution in [0, 0.1) is 5.92 Å². The van der Waals surface area contributed by atoms with Gasteiger partial charge in [0.1, 0.15) is 0 Å². The van der Waals surface area contributed by atoms with Crippen molar-refractivity contribution in [1.82, 2.24) is 0 Å². The Bertz CT molecular complexity index is 802. The molecule has 0 saturated heterocycles. The molecular weight excluding hydrogens is 348 g/mol. The standard InChI is InChI=1S/C29H38/c1-3-5-6-7-23-10-13-29-21-28(19-18-27(29)20-23)26-16-14-25(15-17-26)24-11-8-22(4-2)9-12-24/h3,5,10,13-17,20,22,24,28H,4,6-9,11-12,18-19,21H2,1-2H3/b5-3+. The van der Waals surface area contributed by atoms with E-state index in [0.29, 0.717) is 5.92 Å². The summed E-state index contributed by atoms with van der Waals surface area (Å²) in [5.74, 6) is 2.48. The SMILES string of the molecule is C/C=C/CCc1ccc2c(c1)CCC(c1ccc(C3CCC(CC)CC3)cc1)C2. The maximum absolute atomic E-state index is 2.48. The van der Waals surface area contributed by atoms with Crippen LogP contribution >= 0.6 is 0 Å². The molecule has 0 radical (unpaired) electrons. The van der Waals surface area contributed by atoms with Gasteiger partial charge in [0.05, 0.1) is 0 Å². The number of hydrogen-bond acceptors (Lipinski definition) is 0. The summed E-state index contributed by atoms with van der Waals surface area (Å²) in [5, 5.41) is 0. The van der Waals surface area contributed by atoms with Crippen molar-refractivity contribution in [2.75, 3.05) is 0 Å². The summed E-state index contributed by atoms with van der Waals surface area (Å²) in [6.45, 7) is 4.46. The largest absolute Gasteiger partial charge is 0.0917 e. The monoisotopic (exact) mass is 386 g/mol. The average molecular weight is 387 g/mol. The Morgan fingerprint density at radius 1 is 0.828 bits per heavy atom. The van der Waals surface area contributed by atoms with E-state index in [1.54, 1.807) is 22.3 Å². The first-order chi connectivity index (χ1) is 14.3. The molecule has 0 aromatic heterocycles. The number of rotatable bonds is 6. The molecule has 2 aliphatic carbocycles. The van der Waals surface area contributed by atoms with E-state index in [1.807, 2.05) is 0 Å². The van der Waals surface area contributed by atoms with Crippen LogP contribution in [-0.2, 0) is 19.3 Å². The fraction of sp³-hybridized carbons (Fsp3) is 0.517. The van der Waals surface area contributed by atoms with E-state index in [1.165, 1.54) is 63.4 Å². The zero-order valence-corrected chi connectivity index (χ0v) is 18.5. The maximum Gasteiger partial charge on any atom is -0.0118 e. The van der Waals surface area contributed by atoms with Crippen molar-refractivity contribution in [2.45, 2.75) is 89.9 Å². The third-order valence-corrected chi connectivity index (χ3v) is 7.64. The second kappa shape index (κ2) is 9.79. The van der Waals surface area contributed by atoms with E-state index < -0.39 is 0 Å².